The number of carbonyl (C=O) groups excluding carboxylic acids is 2. The van der Waals surface area contributed by atoms with E-state index in [1.54, 1.807) is 0 Å². The fourth-order valence-electron chi connectivity index (χ4n) is 4.41. The second-order valence-electron chi connectivity index (χ2n) is 8.62. The van der Waals surface area contributed by atoms with Crippen molar-refractivity contribution in [2.24, 2.45) is 0 Å². The number of nitrogens with zero attached hydrogens (tertiary/aromatic N) is 1. The van der Waals surface area contributed by atoms with Gasteiger partial charge in [0.25, 0.3) is 0 Å². The summed E-state index contributed by atoms with van der Waals surface area (Å²) < 4.78 is 5.56. The first-order valence-electron chi connectivity index (χ1n) is 11.9. The molecule has 0 aliphatic heterocycles. The van der Waals surface area contributed by atoms with Crippen LogP contribution in [-0.4, -0.2) is 41.8 Å². The smallest absolute Gasteiger partial charge is 0.407 e. The molecule has 2 amide bonds. The van der Waals surface area contributed by atoms with E-state index in [4.69, 9.17) is 15.1 Å². The van der Waals surface area contributed by atoms with Crippen molar-refractivity contribution in [3.05, 3.63) is 59.7 Å². The Balaban J connectivity index is 1.63. The monoisotopic (exact) mass is 477 g/mol. The summed E-state index contributed by atoms with van der Waals surface area (Å²) in [4.78, 5) is 36.4. The van der Waals surface area contributed by atoms with Gasteiger partial charge in [0, 0.05) is 24.8 Å². The van der Waals surface area contributed by atoms with Gasteiger partial charge in [-0.1, -0.05) is 55.5 Å². The van der Waals surface area contributed by atoms with Crippen LogP contribution >= 0.6 is 0 Å². The maximum atomic E-state index is 12.9. The minimum atomic E-state index is -0.931. The summed E-state index contributed by atoms with van der Waals surface area (Å²) in [6.45, 7) is 1.99. The molecule has 0 saturated heterocycles. The molecule has 1 aliphatic rings. The highest BCUT2D eigenvalue weighted by molar-refractivity contribution is 5.86. The number of fused-ring (bicyclic) bond motifs is 3. The molecule has 1 aliphatic carbocycles. The topological polar surface area (TPSA) is 129 Å². The van der Waals surface area contributed by atoms with Gasteiger partial charge >= 0.3 is 12.1 Å². The first kappa shape index (κ1) is 25.8. The lowest BCUT2D eigenvalue weighted by Gasteiger charge is -2.23. The van der Waals surface area contributed by atoms with Crippen LogP contribution < -0.4 is 10.6 Å². The fraction of sp³-hybridized carbons (Fsp3) is 0.407. The van der Waals surface area contributed by atoms with E-state index in [0.717, 1.165) is 22.3 Å². The molecule has 0 radical (unpaired) electrons. The minimum Gasteiger partial charge on any atom is -0.481 e. The molecule has 2 unspecified atom stereocenters. The van der Waals surface area contributed by atoms with E-state index in [1.807, 2.05) is 49.4 Å². The zero-order valence-electron chi connectivity index (χ0n) is 19.8. The molecule has 0 bridgehead atoms. The lowest BCUT2D eigenvalue weighted by Crippen LogP contribution is -2.49. The molecule has 8 heteroatoms. The van der Waals surface area contributed by atoms with E-state index in [9.17, 15) is 14.4 Å². The van der Waals surface area contributed by atoms with Crippen LogP contribution in [0.2, 0.25) is 0 Å². The predicted octanol–water partition coefficient (Wildman–Crippen LogP) is 4.35. The number of unbranched alkanes of at least 4 members (excludes halogenated alkanes) is 1. The van der Waals surface area contributed by atoms with Crippen LogP contribution in [0.25, 0.3) is 11.1 Å². The molecule has 3 N–H and O–H groups in total. The molecule has 35 heavy (non-hydrogen) atoms. The normalized spacial score (nSPS) is 13.6. The lowest BCUT2D eigenvalue weighted by atomic mass is 9.98. The molecule has 2 aromatic carbocycles. The van der Waals surface area contributed by atoms with Gasteiger partial charge in [-0.15, -0.1) is 0 Å². The number of aliphatic carboxylic acids is 1. The molecule has 0 spiro atoms. The molecule has 0 heterocycles. The number of nitriles is 1. The van der Waals surface area contributed by atoms with Crippen molar-refractivity contribution in [2.45, 2.75) is 63.5 Å². The fourth-order valence-corrected chi connectivity index (χ4v) is 4.41. The zero-order chi connectivity index (χ0) is 25.2. The molecule has 3 rings (SSSR count). The summed E-state index contributed by atoms with van der Waals surface area (Å²) in [6, 6.07) is 16.9. The lowest BCUT2D eigenvalue weighted by molar-refractivity contribution is -0.137. The average molecular weight is 478 g/mol. The van der Waals surface area contributed by atoms with Gasteiger partial charge in [0.2, 0.25) is 5.91 Å². The summed E-state index contributed by atoms with van der Waals surface area (Å²) in [7, 11) is 0. The second-order valence-corrected chi connectivity index (χ2v) is 8.62. The third-order valence-corrected chi connectivity index (χ3v) is 6.28. The van der Waals surface area contributed by atoms with Gasteiger partial charge in [-0.2, -0.15) is 5.26 Å². The van der Waals surface area contributed by atoms with Gasteiger partial charge in [-0.3, -0.25) is 9.59 Å². The number of amides is 2. The van der Waals surface area contributed by atoms with Crippen molar-refractivity contribution in [1.29, 1.82) is 5.26 Å². The molecule has 0 saturated carbocycles. The van der Waals surface area contributed by atoms with Gasteiger partial charge in [-0.05, 0) is 47.9 Å². The number of benzene rings is 2. The standard InChI is InChI=1S/C27H31N3O5/c1-2-18(14-15-25(31)32)29-26(33)24(13-7-8-16-28)30-27(34)35-17-23-21-11-5-3-9-19(21)20-10-4-6-12-22(20)23/h3-6,9-12,18,23-24H,2,7-8,13-15,17H2,1H3,(H,29,33)(H,30,34)(H,31,32). The number of ether oxygens (including phenoxy) is 1. The number of rotatable bonds is 12. The Kier molecular flexibility index (Phi) is 9.24. The summed E-state index contributed by atoms with van der Waals surface area (Å²) in [5, 5.41) is 23.2. The van der Waals surface area contributed by atoms with E-state index in [0.29, 0.717) is 19.3 Å². The molecule has 184 valence electrons. The SMILES string of the molecule is CCC(CCC(=O)O)NC(=O)C(CCCC#N)NC(=O)OCC1c2ccccc2-c2ccccc21. The second kappa shape index (κ2) is 12.6. The highest BCUT2D eigenvalue weighted by Gasteiger charge is 2.30. The number of carboxylic acid groups (broad SMARTS) is 1. The van der Waals surface area contributed by atoms with Crippen molar-refractivity contribution in [1.82, 2.24) is 10.6 Å². The number of nitrogens with one attached hydrogen (secondary N) is 2. The summed E-state index contributed by atoms with van der Waals surface area (Å²) >= 11 is 0. The molecule has 2 aromatic rings. The van der Waals surface area contributed by atoms with Gasteiger partial charge in [-0.25, -0.2) is 4.79 Å². The van der Waals surface area contributed by atoms with E-state index in [1.165, 1.54) is 0 Å². The predicted molar refractivity (Wildman–Crippen MR) is 131 cm³/mol. The molecule has 2 atom stereocenters. The van der Waals surface area contributed by atoms with Gasteiger partial charge in [0.15, 0.2) is 0 Å². The number of alkyl carbamates (subject to hydrolysis) is 1. The van der Waals surface area contributed by atoms with E-state index >= 15 is 0 Å². The third kappa shape index (κ3) is 6.82. The minimum absolute atomic E-state index is 0.0578. The van der Waals surface area contributed by atoms with E-state index < -0.39 is 24.0 Å². The van der Waals surface area contributed by atoms with Gasteiger partial charge in [0.1, 0.15) is 12.6 Å². The van der Waals surface area contributed by atoms with Gasteiger partial charge in [0.05, 0.1) is 6.07 Å². The van der Waals surface area contributed by atoms with Crippen molar-refractivity contribution in [3.63, 3.8) is 0 Å². The van der Waals surface area contributed by atoms with Crippen molar-refractivity contribution in [3.8, 4) is 17.2 Å². The number of carbonyl (C=O) groups is 3. The van der Waals surface area contributed by atoms with Crippen molar-refractivity contribution >= 4 is 18.0 Å². The van der Waals surface area contributed by atoms with Gasteiger partial charge < -0.3 is 20.5 Å². The summed E-state index contributed by atoms with van der Waals surface area (Å²) in [6.07, 6.45) is 1.07. The Morgan fingerprint density at radius 3 is 2.23 bits per heavy atom. The highest BCUT2D eigenvalue weighted by atomic mass is 16.5. The number of hydrogen-bond donors (Lipinski definition) is 3. The molecule has 0 aromatic heterocycles. The van der Waals surface area contributed by atoms with Crippen LogP contribution in [0.3, 0.4) is 0 Å². The Hall–Kier alpha value is -3.86. The molecule has 8 nitrogen and oxygen atoms in total. The average Bonchev–Trinajstić information content (AvgIpc) is 3.18. The number of hydrogen-bond acceptors (Lipinski definition) is 5. The van der Waals surface area contributed by atoms with Crippen LogP contribution in [0, 0.1) is 11.3 Å². The Labute approximate surface area is 205 Å². The zero-order valence-corrected chi connectivity index (χ0v) is 19.8. The Morgan fingerprint density at radius 2 is 1.66 bits per heavy atom. The van der Waals surface area contributed by atoms with E-state index in [2.05, 4.69) is 22.8 Å². The van der Waals surface area contributed by atoms with Crippen molar-refractivity contribution in [2.75, 3.05) is 6.61 Å². The number of carboxylic acids is 1. The third-order valence-electron chi connectivity index (χ3n) is 6.28. The van der Waals surface area contributed by atoms with Crippen LogP contribution in [-0.2, 0) is 14.3 Å². The highest BCUT2D eigenvalue weighted by Crippen LogP contribution is 2.44. The molecular formula is C27H31N3O5. The van der Waals surface area contributed by atoms with Crippen LogP contribution in [0.15, 0.2) is 48.5 Å². The maximum absolute atomic E-state index is 12.9. The largest absolute Gasteiger partial charge is 0.481 e. The molecular weight excluding hydrogens is 446 g/mol. The molecule has 0 fully saturated rings. The maximum Gasteiger partial charge on any atom is 0.407 e. The van der Waals surface area contributed by atoms with Crippen molar-refractivity contribution < 1.29 is 24.2 Å². The summed E-state index contributed by atoms with van der Waals surface area (Å²) in [5.41, 5.74) is 4.43. The first-order chi connectivity index (χ1) is 16.9. The first-order valence-corrected chi connectivity index (χ1v) is 11.9. The Morgan fingerprint density at radius 1 is 1.03 bits per heavy atom. The summed E-state index contributed by atoms with van der Waals surface area (Å²) in [5.74, 6) is -1.44. The van der Waals surface area contributed by atoms with Crippen LogP contribution in [0.4, 0.5) is 4.79 Å². The quantitative estimate of drug-likeness (QED) is 0.390. The van der Waals surface area contributed by atoms with Crippen LogP contribution in [0.5, 0.6) is 0 Å². The van der Waals surface area contributed by atoms with Crippen LogP contribution in [0.1, 0.15) is 62.5 Å². The Bertz CT molecular complexity index is 1050. The van der Waals surface area contributed by atoms with E-state index in [-0.39, 0.29) is 37.8 Å².